The number of rotatable bonds is 9. The third kappa shape index (κ3) is 5.65. The number of benzene rings is 2. The zero-order chi connectivity index (χ0) is 30.0. The second kappa shape index (κ2) is 12.2. The Morgan fingerprint density at radius 3 is 2.40 bits per heavy atom. The predicted octanol–water partition coefficient (Wildman–Crippen LogP) is 5.66. The number of nitrogens with zero attached hydrogens (tertiary/aromatic N) is 2. The fraction of sp³-hybridized carbons (Fsp3) is 0.273. The molecule has 0 unspecified atom stereocenters. The molecule has 4 aromatic rings. The molecule has 2 aromatic carbocycles. The summed E-state index contributed by atoms with van der Waals surface area (Å²) in [7, 11) is 0. The lowest BCUT2D eigenvalue weighted by Gasteiger charge is -2.26. The van der Waals surface area contributed by atoms with Crippen molar-refractivity contribution < 1.29 is 23.8 Å². The highest BCUT2D eigenvalue weighted by molar-refractivity contribution is 7.07. The summed E-state index contributed by atoms with van der Waals surface area (Å²) >= 11 is 1.25. The van der Waals surface area contributed by atoms with Crippen LogP contribution in [0.3, 0.4) is 0 Å². The lowest BCUT2D eigenvalue weighted by atomic mass is 9.92. The molecule has 1 N–H and O–H groups in total. The molecule has 0 radical (unpaired) electrons. The van der Waals surface area contributed by atoms with E-state index in [9.17, 15) is 14.4 Å². The van der Waals surface area contributed by atoms with E-state index in [1.54, 1.807) is 41.8 Å². The molecule has 1 aliphatic rings. The molecule has 0 fully saturated rings. The maximum Gasteiger partial charge on any atom is 0.338 e. The highest BCUT2D eigenvalue weighted by atomic mass is 32.1. The number of thiazole rings is 1. The van der Waals surface area contributed by atoms with Crippen molar-refractivity contribution in [3.05, 3.63) is 114 Å². The predicted molar refractivity (Wildman–Crippen MR) is 161 cm³/mol. The van der Waals surface area contributed by atoms with E-state index in [2.05, 4.69) is 13.8 Å². The van der Waals surface area contributed by atoms with Crippen LogP contribution in [0.1, 0.15) is 79.7 Å². The van der Waals surface area contributed by atoms with Gasteiger partial charge in [0.15, 0.2) is 4.80 Å². The Labute approximate surface area is 246 Å². The smallest absolute Gasteiger partial charge is 0.338 e. The molecule has 1 atom stereocenters. The van der Waals surface area contributed by atoms with E-state index >= 15 is 0 Å². The molecule has 0 amide bonds. The molecular formula is C33H32N2O6S. The molecule has 0 spiro atoms. The number of carboxylic acid groups (broad SMARTS) is 1. The summed E-state index contributed by atoms with van der Waals surface area (Å²) in [5, 5.41) is 9.16. The summed E-state index contributed by atoms with van der Waals surface area (Å²) in [6, 6.07) is 17.2. The zero-order valence-corrected chi connectivity index (χ0v) is 24.7. The first-order chi connectivity index (χ1) is 20.2. The van der Waals surface area contributed by atoms with E-state index in [0.29, 0.717) is 50.0 Å². The molecule has 3 heterocycles. The average molecular weight is 585 g/mol. The number of esters is 1. The van der Waals surface area contributed by atoms with Gasteiger partial charge in [-0.3, -0.25) is 9.36 Å². The van der Waals surface area contributed by atoms with Crippen molar-refractivity contribution in [2.75, 3.05) is 6.61 Å². The van der Waals surface area contributed by atoms with Crippen molar-refractivity contribution in [1.29, 1.82) is 0 Å². The van der Waals surface area contributed by atoms with Gasteiger partial charge in [-0.15, -0.1) is 0 Å². The number of aromatic nitrogens is 1. The number of hydrogen-bond acceptors (Lipinski definition) is 7. The summed E-state index contributed by atoms with van der Waals surface area (Å²) in [4.78, 5) is 43.8. The van der Waals surface area contributed by atoms with Gasteiger partial charge in [-0.2, -0.15) is 0 Å². The molecule has 5 rings (SSSR count). The Morgan fingerprint density at radius 2 is 1.79 bits per heavy atom. The van der Waals surface area contributed by atoms with Gasteiger partial charge in [0.05, 0.1) is 34.0 Å². The van der Waals surface area contributed by atoms with Crippen molar-refractivity contribution in [3.8, 4) is 11.3 Å². The van der Waals surface area contributed by atoms with Gasteiger partial charge in [-0.1, -0.05) is 74.9 Å². The average Bonchev–Trinajstić information content (AvgIpc) is 3.57. The van der Waals surface area contributed by atoms with Gasteiger partial charge in [0, 0.05) is 11.6 Å². The fourth-order valence-electron chi connectivity index (χ4n) is 4.99. The van der Waals surface area contributed by atoms with Crippen LogP contribution >= 0.6 is 11.3 Å². The summed E-state index contributed by atoms with van der Waals surface area (Å²) < 4.78 is 13.5. The van der Waals surface area contributed by atoms with Crippen LogP contribution in [0.25, 0.3) is 17.4 Å². The monoisotopic (exact) mass is 584 g/mol. The largest absolute Gasteiger partial charge is 0.478 e. The first-order valence-corrected chi connectivity index (χ1v) is 14.8. The number of carbonyl (C=O) groups excluding carboxylic acids is 1. The van der Waals surface area contributed by atoms with Gasteiger partial charge < -0.3 is 14.3 Å². The van der Waals surface area contributed by atoms with Gasteiger partial charge >= 0.3 is 11.9 Å². The lowest BCUT2D eigenvalue weighted by Crippen LogP contribution is -2.40. The van der Waals surface area contributed by atoms with Crippen LogP contribution in [0.15, 0.2) is 86.1 Å². The van der Waals surface area contributed by atoms with Crippen molar-refractivity contribution in [1.82, 2.24) is 4.57 Å². The first kappa shape index (κ1) is 29.0. The van der Waals surface area contributed by atoms with Crippen molar-refractivity contribution in [3.63, 3.8) is 0 Å². The Bertz CT molecular complexity index is 1840. The Morgan fingerprint density at radius 1 is 1.07 bits per heavy atom. The van der Waals surface area contributed by atoms with Gasteiger partial charge in [-0.25, -0.2) is 14.6 Å². The Balaban J connectivity index is 1.63. The number of carboxylic acids is 1. The molecule has 8 nitrogen and oxygen atoms in total. The summed E-state index contributed by atoms with van der Waals surface area (Å²) in [6.45, 7) is 8.23. The molecule has 0 saturated heterocycles. The number of furan rings is 1. The Hall–Kier alpha value is -4.50. The highest BCUT2D eigenvalue weighted by Gasteiger charge is 2.34. The number of aromatic carboxylic acids is 1. The first-order valence-electron chi connectivity index (χ1n) is 14.0. The molecule has 0 saturated carbocycles. The molecule has 2 aromatic heterocycles. The number of fused-ring (bicyclic) bond motifs is 1. The van der Waals surface area contributed by atoms with E-state index in [0.717, 1.165) is 17.5 Å². The third-order valence-electron chi connectivity index (χ3n) is 7.13. The van der Waals surface area contributed by atoms with Crippen LogP contribution in [-0.2, 0) is 9.53 Å². The van der Waals surface area contributed by atoms with Crippen LogP contribution in [-0.4, -0.2) is 28.2 Å². The normalized spacial score (nSPS) is 15.1. The van der Waals surface area contributed by atoms with Crippen LogP contribution in [0.4, 0.5) is 0 Å². The standard InChI is InChI=1S/C33H32N2O6S/c1-5-7-25-28(32(39)40-6-2)29(22-12-8-20(9-13-22)19(3)4)35-30(36)27(42-33(35)34-25)18-24-16-17-26(41-24)21-10-14-23(15-11-21)31(37)38/h8-19,29H,5-7H2,1-4H3,(H,37,38)/b27-18-/t29-/m0/s1. The third-order valence-corrected chi connectivity index (χ3v) is 8.11. The molecular weight excluding hydrogens is 552 g/mol. The van der Waals surface area contributed by atoms with Crippen LogP contribution in [0.5, 0.6) is 0 Å². The topological polar surface area (TPSA) is 111 Å². The van der Waals surface area contributed by atoms with Gasteiger partial charge in [-0.05, 0) is 54.7 Å². The second-order valence-electron chi connectivity index (χ2n) is 10.3. The van der Waals surface area contributed by atoms with Gasteiger partial charge in [0.1, 0.15) is 11.5 Å². The van der Waals surface area contributed by atoms with E-state index in [1.807, 2.05) is 31.2 Å². The lowest BCUT2D eigenvalue weighted by molar-refractivity contribution is -0.139. The molecule has 9 heteroatoms. The number of ether oxygens (including phenoxy) is 1. The number of allylic oxidation sites excluding steroid dienone is 1. The van der Waals surface area contributed by atoms with Crippen LogP contribution < -0.4 is 14.9 Å². The minimum atomic E-state index is -1.00. The number of carbonyl (C=O) groups is 2. The number of hydrogen-bond donors (Lipinski definition) is 1. The van der Waals surface area contributed by atoms with Crippen molar-refractivity contribution in [2.24, 2.45) is 4.99 Å². The highest BCUT2D eigenvalue weighted by Crippen LogP contribution is 2.33. The van der Waals surface area contributed by atoms with E-state index in [1.165, 1.54) is 23.5 Å². The quantitative estimate of drug-likeness (QED) is 0.254. The van der Waals surface area contributed by atoms with Crippen LogP contribution in [0, 0.1) is 0 Å². The zero-order valence-electron chi connectivity index (χ0n) is 23.9. The van der Waals surface area contributed by atoms with Crippen molar-refractivity contribution >= 4 is 29.4 Å². The van der Waals surface area contributed by atoms with Gasteiger partial charge in [0.25, 0.3) is 5.56 Å². The van der Waals surface area contributed by atoms with E-state index in [-0.39, 0.29) is 17.7 Å². The second-order valence-corrected chi connectivity index (χ2v) is 11.3. The maximum absolute atomic E-state index is 14.0. The van der Waals surface area contributed by atoms with Crippen LogP contribution in [0.2, 0.25) is 0 Å². The van der Waals surface area contributed by atoms with E-state index in [4.69, 9.17) is 19.3 Å². The van der Waals surface area contributed by atoms with Gasteiger partial charge in [0.2, 0.25) is 0 Å². The summed E-state index contributed by atoms with van der Waals surface area (Å²) in [5.74, 6) is -0.122. The fourth-order valence-corrected chi connectivity index (χ4v) is 5.99. The van der Waals surface area contributed by atoms with Crippen molar-refractivity contribution in [2.45, 2.75) is 52.5 Å². The minimum Gasteiger partial charge on any atom is -0.478 e. The Kier molecular flexibility index (Phi) is 8.40. The maximum atomic E-state index is 14.0. The minimum absolute atomic E-state index is 0.185. The molecule has 0 aliphatic carbocycles. The molecule has 216 valence electrons. The summed E-state index contributed by atoms with van der Waals surface area (Å²) in [5.41, 5.74) is 3.61. The van der Waals surface area contributed by atoms with E-state index < -0.39 is 18.0 Å². The molecule has 1 aliphatic heterocycles. The molecule has 0 bridgehead atoms. The molecule has 42 heavy (non-hydrogen) atoms. The summed E-state index contributed by atoms with van der Waals surface area (Å²) in [6.07, 6.45) is 3.02. The SMILES string of the molecule is CCCC1=C(C(=O)OCC)[C@H](c2ccc(C(C)C)cc2)n2c(s/c(=C\c3ccc(-c4ccc(C(=O)O)cc4)o3)c2=O)=N1.